The van der Waals surface area contributed by atoms with Gasteiger partial charge in [-0.25, -0.2) is 0 Å². The van der Waals surface area contributed by atoms with Gasteiger partial charge in [0.05, 0.1) is 0 Å². The van der Waals surface area contributed by atoms with Crippen molar-refractivity contribution in [2.24, 2.45) is 0 Å². The van der Waals surface area contributed by atoms with E-state index in [1.165, 1.54) is 16.9 Å². The molecule has 0 N–H and O–H groups in total. The third-order valence-electron chi connectivity index (χ3n) is 1.67. The highest BCUT2D eigenvalue weighted by atomic mass is 32.1. The second-order valence-corrected chi connectivity index (χ2v) is 3.39. The van der Waals surface area contributed by atoms with Crippen molar-refractivity contribution >= 4 is 11.3 Å². The fraction of sp³-hybridized carbons (Fsp3) is 0.600. The zero-order valence-electron chi connectivity index (χ0n) is 8.19. The van der Waals surface area contributed by atoms with Crippen molar-refractivity contribution in [3.63, 3.8) is 0 Å². The van der Waals surface area contributed by atoms with Gasteiger partial charge in [-0.15, -0.1) is 11.3 Å². The zero-order valence-corrected chi connectivity index (χ0v) is 9.01. The quantitative estimate of drug-likeness (QED) is 0.598. The van der Waals surface area contributed by atoms with Crippen LogP contribution < -0.4 is 0 Å². The van der Waals surface area contributed by atoms with Gasteiger partial charge in [0.1, 0.15) is 0 Å². The molecule has 0 fully saturated rings. The third-order valence-corrected chi connectivity index (χ3v) is 2.74. The Balaban J connectivity index is 0.000000461. The average Bonchev–Trinajstić information content (AvgIpc) is 2.35. The molecule has 11 heavy (non-hydrogen) atoms. The van der Waals surface area contributed by atoms with Gasteiger partial charge in [0, 0.05) is 4.88 Å². The fourth-order valence-corrected chi connectivity index (χ4v) is 2.07. The summed E-state index contributed by atoms with van der Waals surface area (Å²) in [5.74, 6) is 0. The number of rotatable bonds is 1. The Morgan fingerprint density at radius 1 is 1.27 bits per heavy atom. The van der Waals surface area contributed by atoms with Gasteiger partial charge in [0.15, 0.2) is 0 Å². The number of aryl methyl sites for hydroxylation is 2. The van der Waals surface area contributed by atoms with Gasteiger partial charge in [-0.1, -0.05) is 20.8 Å². The Labute approximate surface area is 74.3 Å². The van der Waals surface area contributed by atoms with Crippen LogP contribution in [0.25, 0.3) is 0 Å². The molecule has 1 heteroatoms. The van der Waals surface area contributed by atoms with Crippen LogP contribution in [0, 0.1) is 13.8 Å². The number of hydrogen-bond acceptors (Lipinski definition) is 1. The van der Waals surface area contributed by atoms with Crippen molar-refractivity contribution in [3.8, 4) is 0 Å². The van der Waals surface area contributed by atoms with Crippen molar-refractivity contribution in [3.05, 3.63) is 21.4 Å². The summed E-state index contributed by atoms with van der Waals surface area (Å²) in [6, 6.07) is 0. The molecule has 0 aliphatic heterocycles. The van der Waals surface area contributed by atoms with E-state index >= 15 is 0 Å². The van der Waals surface area contributed by atoms with E-state index in [4.69, 9.17) is 0 Å². The van der Waals surface area contributed by atoms with Crippen LogP contribution in [-0.4, -0.2) is 0 Å². The highest BCUT2D eigenvalue weighted by molar-refractivity contribution is 7.10. The Bertz CT molecular complexity index is 179. The molecule has 0 unspecified atom stereocenters. The van der Waals surface area contributed by atoms with E-state index in [-0.39, 0.29) is 0 Å². The molecule has 1 heterocycles. The van der Waals surface area contributed by atoms with Crippen LogP contribution in [0.4, 0.5) is 0 Å². The van der Waals surface area contributed by atoms with Crippen LogP contribution in [0.15, 0.2) is 5.38 Å². The molecule has 0 bridgehead atoms. The molecule has 0 aliphatic rings. The second kappa shape index (κ2) is 5.36. The van der Waals surface area contributed by atoms with Gasteiger partial charge in [-0.2, -0.15) is 0 Å². The molecule has 0 nitrogen and oxygen atoms in total. The lowest BCUT2D eigenvalue weighted by atomic mass is 10.1. The van der Waals surface area contributed by atoms with Crippen molar-refractivity contribution in [2.75, 3.05) is 0 Å². The lowest BCUT2D eigenvalue weighted by molar-refractivity contribution is 1.11. The van der Waals surface area contributed by atoms with E-state index in [1.807, 2.05) is 25.2 Å². The van der Waals surface area contributed by atoms with E-state index in [0.29, 0.717) is 0 Å². The SMILES string of the molecule is CC.CCc1c(C)csc1C. The Morgan fingerprint density at radius 3 is 2.00 bits per heavy atom. The van der Waals surface area contributed by atoms with Gasteiger partial charge in [-0.05, 0) is 36.8 Å². The minimum absolute atomic E-state index is 1.18. The smallest absolute Gasteiger partial charge is 0.00488 e. The monoisotopic (exact) mass is 170 g/mol. The summed E-state index contributed by atoms with van der Waals surface area (Å²) in [6.07, 6.45) is 1.18. The molecule has 0 saturated heterocycles. The fourth-order valence-electron chi connectivity index (χ4n) is 1.12. The highest BCUT2D eigenvalue weighted by Gasteiger charge is 1.99. The predicted molar refractivity (Wildman–Crippen MR) is 54.5 cm³/mol. The molecule has 0 aromatic carbocycles. The summed E-state index contributed by atoms with van der Waals surface area (Å²) < 4.78 is 0. The van der Waals surface area contributed by atoms with Crippen LogP contribution in [0.5, 0.6) is 0 Å². The lowest BCUT2D eigenvalue weighted by Crippen LogP contribution is -1.80. The zero-order chi connectivity index (χ0) is 8.85. The van der Waals surface area contributed by atoms with E-state index in [0.717, 1.165) is 0 Å². The van der Waals surface area contributed by atoms with Crippen molar-refractivity contribution in [1.82, 2.24) is 0 Å². The molecule has 64 valence electrons. The summed E-state index contributed by atoms with van der Waals surface area (Å²) >= 11 is 1.86. The van der Waals surface area contributed by atoms with Crippen LogP contribution in [-0.2, 0) is 6.42 Å². The molecule has 1 aromatic rings. The second-order valence-electron chi connectivity index (χ2n) is 2.31. The van der Waals surface area contributed by atoms with Gasteiger partial charge in [0.2, 0.25) is 0 Å². The predicted octanol–water partition coefficient (Wildman–Crippen LogP) is 3.95. The molecule has 0 amide bonds. The first-order valence-corrected chi connectivity index (χ1v) is 5.17. The summed E-state index contributed by atoms with van der Waals surface area (Å²) in [5.41, 5.74) is 3.00. The molecule has 1 rings (SSSR count). The summed E-state index contributed by atoms with van der Waals surface area (Å²) in [6.45, 7) is 10.6. The number of hydrogen-bond donors (Lipinski definition) is 0. The van der Waals surface area contributed by atoms with Crippen molar-refractivity contribution in [2.45, 2.75) is 41.0 Å². The average molecular weight is 170 g/mol. The molecular weight excluding hydrogens is 152 g/mol. The van der Waals surface area contributed by atoms with Crippen molar-refractivity contribution in [1.29, 1.82) is 0 Å². The topological polar surface area (TPSA) is 0 Å². The summed E-state index contributed by atoms with van der Waals surface area (Å²) in [4.78, 5) is 1.48. The van der Waals surface area contributed by atoms with E-state index in [9.17, 15) is 0 Å². The first-order chi connectivity index (χ1) is 5.25. The lowest BCUT2D eigenvalue weighted by Gasteiger charge is -1.93. The maximum Gasteiger partial charge on any atom is 0.00488 e. The summed E-state index contributed by atoms with van der Waals surface area (Å²) in [5, 5.41) is 2.23. The van der Waals surface area contributed by atoms with Crippen LogP contribution in [0.1, 0.15) is 36.8 Å². The maximum atomic E-state index is 2.23. The Morgan fingerprint density at radius 2 is 1.82 bits per heavy atom. The van der Waals surface area contributed by atoms with Crippen LogP contribution >= 0.6 is 11.3 Å². The minimum atomic E-state index is 1.18. The van der Waals surface area contributed by atoms with Gasteiger partial charge >= 0.3 is 0 Å². The molecule has 0 spiro atoms. The van der Waals surface area contributed by atoms with Crippen molar-refractivity contribution < 1.29 is 0 Å². The first kappa shape index (κ1) is 10.7. The molecule has 0 aliphatic carbocycles. The molecule has 0 atom stereocenters. The van der Waals surface area contributed by atoms with E-state index < -0.39 is 0 Å². The van der Waals surface area contributed by atoms with Gasteiger partial charge in [0.25, 0.3) is 0 Å². The van der Waals surface area contributed by atoms with Gasteiger partial charge in [-0.3, -0.25) is 0 Å². The Kier molecular flexibility index (Phi) is 5.22. The highest BCUT2D eigenvalue weighted by Crippen LogP contribution is 2.20. The molecule has 1 aromatic heterocycles. The molecule has 0 saturated carbocycles. The first-order valence-electron chi connectivity index (χ1n) is 4.29. The normalized spacial score (nSPS) is 8.82. The largest absolute Gasteiger partial charge is 0.149 e. The Hall–Kier alpha value is -0.300. The summed E-state index contributed by atoms with van der Waals surface area (Å²) in [7, 11) is 0. The minimum Gasteiger partial charge on any atom is -0.149 e. The molecular formula is C10H18S. The van der Waals surface area contributed by atoms with Gasteiger partial charge < -0.3 is 0 Å². The van der Waals surface area contributed by atoms with Crippen LogP contribution in [0.3, 0.4) is 0 Å². The van der Waals surface area contributed by atoms with E-state index in [2.05, 4.69) is 26.2 Å². The third kappa shape index (κ3) is 2.66. The maximum absolute atomic E-state index is 2.23. The van der Waals surface area contributed by atoms with E-state index in [1.54, 1.807) is 5.56 Å². The standard InChI is InChI=1S/C8H12S.C2H6/c1-4-8-6(2)5-9-7(8)3;1-2/h5H,4H2,1-3H3;1-2H3. The van der Waals surface area contributed by atoms with Crippen LogP contribution in [0.2, 0.25) is 0 Å². The number of thiophene rings is 1. The molecule has 0 radical (unpaired) electrons.